The van der Waals surface area contributed by atoms with E-state index in [1.807, 2.05) is 64.2 Å². The first-order chi connectivity index (χ1) is 22.3. The lowest BCUT2D eigenvalue weighted by molar-refractivity contribution is 0.324. The van der Waals surface area contributed by atoms with Crippen molar-refractivity contribution in [2.45, 2.75) is 97.6 Å². The second kappa shape index (κ2) is 16.6. The summed E-state index contributed by atoms with van der Waals surface area (Å²) in [5.41, 5.74) is 21.3. The fourth-order valence-corrected chi connectivity index (χ4v) is 5.49. The molecule has 262 valence electrons. The summed E-state index contributed by atoms with van der Waals surface area (Å²) in [4.78, 5) is 26.2. The van der Waals surface area contributed by atoms with Crippen molar-refractivity contribution in [1.82, 2.24) is 19.4 Å². The standard InChI is InChI=1S/C22H31N7O.C15H23ClFN/c1-22(2,3)18-12-16-14-29(21(30)27-19(16)26-18)17-8-6-15(7-9-17)13-28(4)11-5-10-25-20(23)24;1-10(18)6-5-7-11-8-12(15(2,3)4)14(17)13(16)9-11/h6-9,12,14H,5,10-11,13H2,1-4H3,(H4,23,24,25)(H,26,27,30);8-10H,5-7,18H2,1-4H3/t;10-/m.0/s1. The first-order valence-electron chi connectivity index (χ1n) is 16.5. The molecule has 0 bridgehead atoms. The number of fused-ring (bicyclic) bond motifs is 1. The van der Waals surface area contributed by atoms with Gasteiger partial charge in [-0.2, -0.15) is 4.98 Å². The Hall–Kier alpha value is -3.73. The van der Waals surface area contributed by atoms with E-state index in [4.69, 9.17) is 28.8 Å². The number of halogens is 2. The molecule has 0 amide bonds. The molecule has 0 unspecified atom stereocenters. The molecule has 2 heterocycles. The van der Waals surface area contributed by atoms with Gasteiger partial charge in [-0.3, -0.25) is 9.56 Å². The molecule has 0 aliphatic carbocycles. The molecule has 0 saturated heterocycles. The number of hydrogen-bond acceptors (Lipinski definition) is 5. The lowest BCUT2D eigenvalue weighted by Gasteiger charge is -2.21. The third kappa shape index (κ3) is 11.5. The van der Waals surface area contributed by atoms with E-state index in [0.717, 1.165) is 61.1 Å². The van der Waals surface area contributed by atoms with Gasteiger partial charge in [-0.1, -0.05) is 71.3 Å². The molecule has 0 spiro atoms. The molecule has 0 radical (unpaired) electrons. The highest BCUT2D eigenvalue weighted by atomic mass is 35.5. The smallest absolute Gasteiger partial charge is 0.354 e. The van der Waals surface area contributed by atoms with Crippen LogP contribution >= 0.6 is 11.6 Å². The second-order valence-electron chi connectivity index (χ2n) is 14.8. The van der Waals surface area contributed by atoms with Crippen molar-refractivity contribution in [1.29, 1.82) is 0 Å². The van der Waals surface area contributed by atoms with Gasteiger partial charge in [0.2, 0.25) is 0 Å². The van der Waals surface area contributed by atoms with Gasteiger partial charge < -0.3 is 27.1 Å². The van der Waals surface area contributed by atoms with Crippen LogP contribution in [0.25, 0.3) is 16.7 Å². The van der Waals surface area contributed by atoms with Gasteiger partial charge in [0.05, 0.1) is 10.7 Å². The number of aliphatic imine (C=N–C) groups is 1. The maximum atomic E-state index is 14.0. The first-order valence-corrected chi connectivity index (χ1v) is 16.9. The number of rotatable bonds is 11. The van der Waals surface area contributed by atoms with Gasteiger partial charge >= 0.3 is 5.69 Å². The molecule has 9 nitrogen and oxygen atoms in total. The van der Waals surface area contributed by atoms with Crippen molar-refractivity contribution < 1.29 is 4.39 Å². The summed E-state index contributed by atoms with van der Waals surface area (Å²) in [6.07, 6.45) is 5.61. The highest BCUT2D eigenvalue weighted by Crippen LogP contribution is 2.31. The summed E-state index contributed by atoms with van der Waals surface area (Å²) in [5, 5.41) is 1.14. The van der Waals surface area contributed by atoms with Crippen LogP contribution in [-0.2, 0) is 23.8 Å². The Morgan fingerprint density at radius 2 is 1.71 bits per heavy atom. The zero-order valence-electron chi connectivity index (χ0n) is 29.8. The summed E-state index contributed by atoms with van der Waals surface area (Å²) in [6, 6.07) is 13.9. The lowest BCUT2D eigenvalue weighted by Crippen LogP contribution is -2.24. The number of nitrogens with one attached hydrogen (secondary N) is 1. The number of aromatic nitrogens is 3. The van der Waals surface area contributed by atoms with Crippen LogP contribution in [0.5, 0.6) is 0 Å². The van der Waals surface area contributed by atoms with E-state index in [1.165, 1.54) is 5.56 Å². The van der Waals surface area contributed by atoms with Crippen molar-refractivity contribution in [2.24, 2.45) is 22.2 Å². The Morgan fingerprint density at radius 3 is 2.29 bits per heavy atom. The number of aromatic amines is 1. The Bertz CT molecular complexity index is 1730. The quantitative estimate of drug-likeness (QED) is 0.0803. The number of aryl methyl sites for hydroxylation is 1. The van der Waals surface area contributed by atoms with Gasteiger partial charge in [0, 0.05) is 41.8 Å². The average Bonchev–Trinajstić information content (AvgIpc) is 3.40. The highest BCUT2D eigenvalue weighted by Gasteiger charge is 2.21. The number of guanidine groups is 1. The van der Waals surface area contributed by atoms with Crippen LogP contribution in [0.3, 0.4) is 0 Å². The van der Waals surface area contributed by atoms with Crippen molar-refractivity contribution in [2.75, 3.05) is 20.1 Å². The maximum absolute atomic E-state index is 14.0. The average molecular weight is 681 g/mol. The molecule has 0 aliphatic rings. The molecule has 0 aliphatic heterocycles. The van der Waals surface area contributed by atoms with Crippen LogP contribution in [0.2, 0.25) is 5.02 Å². The third-order valence-corrected chi connectivity index (χ3v) is 8.27. The van der Waals surface area contributed by atoms with Gasteiger partial charge in [-0.05, 0) is 92.6 Å². The molecule has 2 aromatic heterocycles. The van der Waals surface area contributed by atoms with E-state index in [-0.39, 0.29) is 39.4 Å². The summed E-state index contributed by atoms with van der Waals surface area (Å²) < 4.78 is 15.6. The van der Waals surface area contributed by atoms with E-state index in [2.05, 4.69) is 53.7 Å². The highest BCUT2D eigenvalue weighted by molar-refractivity contribution is 6.30. The minimum absolute atomic E-state index is 0.0362. The maximum Gasteiger partial charge on any atom is 0.354 e. The van der Waals surface area contributed by atoms with E-state index >= 15 is 0 Å². The Balaban J connectivity index is 0.000000297. The fourth-order valence-electron chi connectivity index (χ4n) is 5.25. The number of nitrogens with two attached hydrogens (primary N) is 3. The number of nitrogens with zero attached hydrogens (tertiary/aromatic N) is 4. The minimum atomic E-state index is -0.297. The molecule has 0 saturated carbocycles. The summed E-state index contributed by atoms with van der Waals surface area (Å²) >= 11 is 5.97. The zero-order valence-corrected chi connectivity index (χ0v) is 30.6. The van der Waals surface area contributed by atoms with Gasteiger partial charge in [0.1, 0.15) is 11.5 Å². The van der Waals surface area contributed by atoms with Gasteiger partial charge in [-0.25, -0.2) is 9.18 Å². The Kier molecular flexibility index (Phi) is 13.4. The van der Waals surface area contributed by atoms with Crippen LogP contribution in [-0.4, -0.2) is 51.6 Å². The SMILES string of the molecule is CN(CCCN=C(N)N)Cc1ccc(-n2cc3cc(C(C)(C)C)[nH]c3nc2=O)cc1.C[C@H](N)CCCc1cc(Cl)c(F)c(C(C)(C)C)c1. The third-order valence-electron chi connectivity index (χ3n) is 8.00. The van der Waals surface area contributed by atoms with Crippen molar-refractivity contribution in [3.63, 3.8) is 0 Å². The van der Waals surface area contributed by atoms with Crippen molar-refractivity contribution in [3.8, 4) is 5.69 Å². The second-order valence-corrected chi connectivity index (χ2v) is 15.2. The van der Waals surface area contributed by atoms with Crippen LogP contribution in [0, 0.1) is 5.82 Å². The van der Waals surface area contributed by atoms with Gasteiger partial charge in [0.25, 0.3) is 0 Å². The normalized spacial score (nSPS) is 12.6. The summed E-state index contributed by atoms with van der Waals surface area (Å²) in [5.74, 6) is -0.162. The van der Waals surface area contributed by atoms with Crippen molar-refractivity contribution in [3.05, 3.63) is 92.4 Å². The predicted octanol–water partition coefficient (Wildman–Crippen LogP) is 6.55. The first kappa shape index (κ1) is 38.7. The monoisotopic (exact) mass is 680 g/mol. The van der Waals surface area contributed by atoms with Crippen molar-refractivity contribution >= 4 is 28.6 Å². The molecular weight excluding hydrogens is 627 g/mol. The molecule has 7 N–H and O–H groups in total. The number of H-pyrrole nitrogens is 1. The number of hydrogen-bond donors (Lipinski definition) is 4. The molecule has 4 rings (SSSR count). The van der Waals surface area contributed by atoms with Crippen LogP contribution in [0.1, 0.15) is 90.1 Å². The van der Waals surface area contributed by atoms with Crippen LogP contribution in [0.15, 0.2) is 58.4 Å². The van der Waals surface area contributed by atoms with Crippen LogP contribution < -0.4 is 22.9 Å². The molecule has 0 fully saturated rings. The van der Waals surface area contributed by atoms with E-state index in [9.17, 15) is 9.18 Å². The Labute approximate surface area is 289 Å². The molecule has 2 aromatic carbocycles. The Morgan fingerprint density at radius 1 is 1.04 bits per heavy atom. The largest absolute Gasteiger partial charge is 0.370 e. The molecule has 1 atom stereocenters. The van der Waals surface area contributed by atoms with Gasteiger partial charge in [-0.15, -0.1) is 0 Å². The van der Waals surface area contributed by atoms with E-state index in [0.29, 0.717) is 17.8 Å². The predicted molar refractivity (Wildman–Crippen MR) is 199 cm³/mol. The number of benzene rings is 2. The summed E-state index contributed by atoms with van der Waals surface area (Å²) in [7, 11) is 2.06. The molecule has 11 heteroatoms. The van der Waals surface area contributed by atoms with Gasteiger partial charge in [0.15, 0.2) is 5.96 Å². The minimum Gasteiger partial charge on any atom is -0.370 e. The molecule has 4 aromatic rings. The molecular formula is C37H54ClFN8O. The fraction of sp³-hybridized carbons (Fsp3) is 0.486. The molecule has 48 heavy (non-hydrogen) atoms. The van der Waals surface area contributed by atoms with E-state index in [1.54, 1.807) is 10.6 Å². The zero-order chi connectivity index (χ0) is 35.8. The summed E-state index contributed by atoms with van der Waals surface area (Å²) in [6.45, 7) is 16.7. The van der Waals surface area contributed by atoms with Crippen LogP contribution in [0.4, 0.5) is 4.39 Å². The van der Waals surface area contributed by atoms with E-state index < -0.39 is 0 Å². The topological polar surface area (TPSA) is 144 Å². The lowest BCUT2D eigenvalue weighted by atomic mass is 9.85.